The zero-order chi connectivity index (χ0) is 11.3. The first kappa shape index (κ1) is 11.4. The highest BCUT2D eigenvalue weighted by atomic mass is 16.6. The standard InChI is InChI=1S/C11H13O4/c1-4-10(12)15-11-8(13-2)6-5-7-9(11)14-3/h6-7H,4H2,1-3H3. The average molecular weight is 209 g/mol. The second-order valence-corrected chi connectivity index (χ2v) is 2.75. The Hall–Kier alpha value is -1.71. The van der Waals surface area contributed by atoms with Crippen LogP contribution in [-0.4, -0.2) is 20.2 Å². The molecule has 4 heteroatoms. The molecule has 0 N–H and O–H groups in total. The summed E-state index contributed by atoms with van der Waals surface area (Å²) < 4.78 is 15.2. The number of esters is 1. The maximum absolute atomic E-state index is 11.2. The van der Waals surface area contributed by atoms with E-state index in [0.717, 1.165) is 0 Å². The van der Waals surface area contributed by atoms with Gasteiger partial charge in [-0.1, -0.05) is 6.92 Å². The molecular weight excluding hydrogens is 196 g/mol. The Morgan fingerprint density at radius 1 is 1.27 bits per heavy atom. The summed E-state index contributed by atoms with van der Waals surface area (Å²) in [7, 11) is 2.98. The minimum absolute atomic E-state index is 0.297. The lowest BCUT2D eigenvalue weighted by atomic mass is 10.3. The molecule has 1 rings (SSSR count). The van der Waals surface area contributed by atoms with Crippen molar-refractivity contribution < 1.29 is 19.0 Å². The summed E-state index contributed by atoms with van der Waals surface area (Å²) >= 11 is 0. The molecule has 0 saturated heterocycles. The predicted molar refractivity (Wildman–Crippen MR) is 54.3 cm³/mol. The molecule has 1 radical (unpaired) electrons. The number of carbonyl (C=O) groups is 1. The van der Waals surface area contributed by atoms with Crippen LogP contribution in [-0.2, 0) is 4.79 Å². The Labute approximate surface area is 88.8 Å². The molecule has 81 valence electrons. The van der Waals surface area contributed by atoms with Crippen molar-refractivity contribution in [3.63, 3.8) is 0 Å². The summed E-state index contributed by atoms with van der Waals surface area (Å²) in [5, 5.41) is 0. The minimum atomic E-state index is -0.335. The third-order valence-corrected chi connectivity index (χ3v) is 1.82. The third kappa shape index (κ3) is 2.62. The quantitative estimate of drug-likeness (QED) is 0.560. The maximum atomic E-state index is 11.2. The third-order valence-electron chi connectivity index (χ3n) is 1.82. The number of methoxy groups -OCH3 is 2. The first-order valence-electron chi connectivity index (χ1n) is 4.55. The molecule has 4 nitrogen and oxygen atoms in total. The highest BCUT2D eigenvalue weighted by molar-refractivity contribution is 5.74. The average Bonchev–Trinajstić information content (AvgIpc) is 2.29. The SMILES string of the molecule is CCC(=O)Oc1c(OC)c[c]cc1OC. The van der Waals surface area contributed by atoms with Gasteiger partial charge in [0, 0.05) is 6.42 Å². The molecule has 0 bridgehead atoms. The van der Waals surface area contributed by atoms with E-state index in [4.69, 9.17) is 14.2 Å². The molecule has 0 spiro atoms. The maximum Gasteiger partial charge on any atom is 0.311 e. The van der Waals surface area contributed by atoms with Gasteiger partial charge in [-0.2, -0.15) is 0 Å². The Balaban J connectivity index is 3.05. The molecule has 15 heavy (non-hydrogen) atoms. The van der Waals surface area contributed by atoms with E-state index in [0.29, 0.717) is 23.7 Å². The van der Waals surface area contributed by atoms with Gasteiger partial charge in [-0.3, -0.25) is 4.79 Å². The molecule has 0 amide bonds. The number of ether oxygens (including phenoxy) is 3. The van der Waals surface area contributed by atoms with Crippen LogP contribution in [0.3, 0.4) is 0 Å². The summed E-state index contributed by atoms with van der Waals surface area (Å²) in [4.78, 5) is 11.2. The second kappa shape index (κ2) is 5.24. The van der Waals surface area contributed by atoms with Gasteiger partial charge >= 0.3 is 5.97 Å². The summed E-state index contributed by atoms with van der Waals surface area (Å²) in [6.07, 6.45) is 0.297. The first-order valence-corrected chi connectivity index (χ1v) is 4.55. The number of hydrogen-bond donors (Lipinski definition) is 0. The Morgan fingerprint density at radius 3 is 2.20 bits per heavy atom. The molecule has 1 aromatic carbocycles. The summed E-state index contributed by atoms with van der Waals surface area (Å²) in [6.45, 7) is 1.72. The summed E-state index contributed by atoms with van der Waals surface area (Å²) in [5.41, 5.74) is 0. The summed E-state index contributed by atoms with van der Waals surface area (Å²) in [5.74, 6) is 0.815. The smallest absolute Gasteiger partial charge is 0.311 e. The zero-order valence-electron chi connectivity index (χ0n) is 8.99. The molecule has 1 aromatic rings. The van der Waals surface area contributed by atoms with Crippen molar-refractivity contribution in [2.24, 2.45) is 0 Å². The van der Waals surface area contributed by atoms with E-state index in [1.807, 2.05) is 0 Å². The van der Waals surface area contributed by atoms with Crippen molar-refractivity contribution in [2.75, 3.05) is 14.2 Å². The number of carbonyl (C=O) groups excluding carboxylic acids is 1. The van der Waals surface area contributed by atoms with E-state index in [1.165, 1.54) is 14.2 Å². The van der Waals surface area contributed by atoms with Crippen molar-refractivity contribution >= 4 is 5.97 Å². The molecule has 0 heterocycles. The number of rotatable bonds is 4. The van der Waals surface area contributed by atoms with Crippen molar-refractivity contribution in [3.05, 3.63) is 18.2 Å². The Kier molecular flexibility index (Phi) is 3.97. The van der Waals surface area contributed by atoms with Gasteiger partial charge in [0.1, 0.15) is 0 Å². The lowest BCUT2D eigenvalue weighted by Gasteiger charge is -2.11. The first-order chi connectivity index (χ1) is 7.22. The largest absolute Gasteiger partial charge is 0.493 e. The topological polar surface area (TPSA) is 44.8 Å². The fourth-order valence-electron chi connectivity index (χ4n) is 1.04. The molecule has 0 aliphatic rings. The normalized spacial score (nSPS) is 9.53. The molecule has 0 saturated carbocycles. The minimum Gasteiger partial charge on any atom is -0.493 e. The van der Waals surface area contributed by atoms with Gasteiger partial charge < -0.3 is 14.2 Å². The van der Waals surface area contributed by atoms with E-state index in [-0.39, 0.29) is 5.97 Å². The molecule has 0 aromatic heterocycles. The molecule has 0 fully saturated rings. The van der Waals surface area contributed by atoms with Crippen LogP contribution in [0.2, 0.25) is 0 Å². The van der Waals surface area contributed by atoms with Crippen LogP contribution in [0.5, 0.6) is 17.2 Å². The lowest BCUT2D eigenvalue weighted by molar-refractivity contribution is -0.134. The van der Waals surface area contributed by atoms with Crippen LogP contribution in [0.4, 0.5) is 0 Å². The summed E-state index contributed by atoms with van der Waals surface area (Å²) in [6, 6.07) is 5.99. The predicted octanol–water partition coefficient (Wildman–Crippen LogP) is 1.82. The monoisotopic (exact) mass is 209 g/mol. The molecule has 0 aliphatic carbocycles. The van der Waals surface area contributed by atoms with Gasteiger partial charge in [0.15, 0.2) is 11.5 Å². The van der Waals surface area contributed by atoms with E-state index < -0.39 is 0 Å². The molecular formula is C11H13O4. The van der Waals surface area contributed by atoms with E-state index in [9.17, 15) is 4.79 Å². The van der Waals surface area contributed by atoms with Crippen molar-refractivity contribution in [1.82, 2.24) is 0 Å². The van der Waals surface area contributed by atoms with Gasteiger partial charge in [0.2, 0.25) is 5.75 Å². The van der Waals surface area contributed by atoms with Crippen molar-refractivity contribution in [3.8, 4) is 17.2 Å². The zero-order valence-corrected chi connectivity index (χ0v) is 8.99. The van der Waals surface area contributed by atoms with Gasteiger partial charge in [-0.25, -0.2) is 0 Å². The van der Waals surface area contributed by atoms with Crippen LogP contribution in [0.15, 0.2) is 12.1 Å². The van der Waals surface area contributed by atoms with E-state index in [2.05, 4.69) is 6.07 Å². The highest BCUT2D eigenvalue weighted by Gasteiger charge is 2.14. The van der Waals surface area contributed by atoms with Gasteiger partial charge in [0.05, 0.1) is 14.2 Å². The fourth-order valence-corrected chi connectivity index (χ4v) is 1.04. The van der Waals surface area contributed by atoms with Crippen molar-refractivity contribution in [1.29, 1.82) is 0 Å². The number of hydrogen-bond acceptors (Lipinski definition) is 4. The Bertz CT molecular complexity index is 324. The van der Waals surface area contributed by atoms with Crippen LogP contribution in [0.1, 0.15) is 13.3 Å². The van der Waals surface area contributed by atoms with Gasteiger partial charge in [-0.15, -0.1) is 0 Å². The Morgan fingerprint density at radius 2 is 1.80 bits per heavy atom. The van der Waals surface area contributed by atoms with Crippen LogP contribution >= 0.6 is 0 Å². The van der Waals surface area contributed by atoms with E-state index >= 15 is 0 Å². The van der Waals surface area contributed by atoms with E-state index in [1.54, 1.807) is 19.1 Å². The highest BCUT2D eigenvalue weighted by Crippen LogP contribution is 2.36. The molecule has 0 aliphatic heterocycles. The van der Waals surface area contributed by atoms with Gasteiger partial charge in [0.25, 0.3) is 0 Å². The van der Waals surface area contributed by atoms with Crippen molar-refractivity contribution in [2.45, 2.75) is 13.3 Å². The van der Waals surface area contributed by atoms with Crippen LogP contribution in [0.25, 0.3) is 0 Å². The number of benzene rings is 1. The fraction of sp³-hybridized carbons (Fsp3) is 0.364. The van der Waals surface area contributed by atoms with Crippen LogP contribution in [0, 0.1) is 6.07 Å². The van der Waals surface area contributed by atoms with Gasteiger partial charge in [-0.05, 0) is 18.2 Å². The second-order valence-electron chi connectivity index (χ2n) is 2.75. The lowest BCUT2D eigenvalue weighted by Crippen LogP contribution is -2.07. The molecule has 0 atom stereocenters. The van der Waals surface area contributed by atoms with Crippen LogP contribution < -0.4 is 14.2 Å². The molecule has 0 unspecified atom stereocenters.